The van der Waals surface area contributed by atoms with Gasteiger partial charge in [0.2, 0.25) is 11.8 Å². The highest BCUT2D eigenvalue weighted by Gasteiger charge is 2.32. The lowest BCUT2D eigenvalue weighted by Crippen LogP contribution is -2.47. The third-order valence-corrected chi connectivity index (χ3v) is 5.15. The van der Waals surface area contributed by atoms with Crippen LogP contribution in [0.5, 0.6) is 0 Å². The van der Waals surface area contributed by atoms with Crippen LogP contribution in [0.1, 0.15) is 52.9 Å². The van der Waals surface area contributed by atoms with Crippen molar-refractivity contribution in [2.75, 3.05) is 33.2 Å². The van der Waals surface area contributed by atoms with Crippen molar-refractivity contribution in [2.45, 2.75) is 58.9 Å². The number of carbonyl (C=O) groups excluding carboxylic acids is 2. The predicted molar refractivity (Wildman–Crippen MR) is 119 cm³/mol. The van der Waals surface area contributed by atoms with E-state index < -0.39 is 0 Å². The van der Waals surface area contributed by atoms with Gasteiger partial charge in [0, 0.05) is 50.6 Å². The van der Waals surface area contributed by atoms with Gasteiger partial charge in [0.15, 0.2) is 5.96 Å². The van der Waals surface area contributed by atoms with Gasteiger partial charge in [-0.2, -0.15) is 0 Å². The van der Waals surface area contributed by atoms with Crippen LogP contribution in [-0.4, -0.2) is 61.9 Å². The number of amides is 2. The van der Waals surface area contributed by atoms with E-state index in [1.54, 1.807) is 7.05 Å². The fraction of sp³-hybridized carbons (Fsp3) is 0.842. The largest absolute Gasteiger partial charge is 0.355 e. The second-order valence-corrected chi connectivity index (χ2v) is 8.40. The monoisotopic (exact) mass is 493 g/mol. The van der Waals surface area contributed by atoms with Gasteiger partial charge in [0.05, 0.1) is 0 Å². The van der Waals surface area contributed by atoms with E-state index >= 15 is 0 Å². The number of nitrogens with zero attached hydrogens (tertiary/aromatic N) is 2. The Hall–Kier alpha value is -1.06. The Labute approximate surface area is 180 Å². The zero-order valence-corrected chi connectivity index (χ0v) is 19.5. The molecule has 156 valence electrons. The van der Waals surface area contributed by atoms with E-state index in [0.29, 0.717) is 19.0 Å². The van der Waals surface area contributed by atoms with Gasteiger partial charge < -0.3 is 20.9 Å². The molecule has 7 nitrogen and oxygen atoms in total. The summed E-state index contributed by atoms with van der Waals surface area (Å²) in [6.07, 6.45) is 5.43. The maximum Gasteiger partial charge on any atom is 0.225 e. The first-order valence-electron chi connectivity index (χ1n) is 9.85. The van der Waals surface area contributed by atoms with Crippen molar-refractivity contribution in [1.82, 2.24) is 20.9 Å². The van der Waals surface area contributed by atoms with Crippen LogP contribution >= 0.6 is 24.0 Å². The first-order valence-corrected chi connectivity index (χ1v) is 9.85. The molecule has 1 aliphatic carbocycles. The summed E-state index contributed by atoms with van der Waals surface area (Å²) in [6, 6.07) is 0.232. The Bertz CT molecular complexity index is 527. The minimum Gasteiger partial charge on any atom is -0.355 e. The topological polar surface area (TPSA) is 85.8 Å². The van der Waals surface area contributed by atoms with Crippen molar-refractivity contribution >= 4 is 41.8 Å². The second-order valence-electron chi connectivity index (χ2n) is 8.40. The summed E-state index contributed by atoms with van der Waals surface area (Å²) in [6.45, 7) is 8.42. The van der Waals surface area contributed by atoms with Gasteiger partial charge in [-0.15, -0.1) is 24.0 Å². The number of carbonyl (C=O) groups is 2. The standard InChI is InChI=1S/C19H35N5O2.HI/c1-19(2,3)17(26)21-10-11-22-18(20-4)23-15-9-12-24(13-15)16(25)14-7-5-6-8-14;/h14-15H,5-13H2,1-4H3,(H,21,26)(H2,20,22,23);1H. The number of hydrogen-bond donors (Lipinski definition) is 3. The number of aliphatic imine (C=N–C) groups is 1. The highest BCUT2D eigenvalue weighted by molar-refractivity contribution is 14.0. The van der Waals surface area contributed by atoms with E-state index in [0.717, 1.165) is 38.3 Å². The van der Waals surface area contributed by atoms with Crippen LogP contribution in [0, 0.1) is 11.3 Å². The Balaban J connectivity index is 0.00000364. The molecule has 2 rings (SSSR count). The molecule has 0 radical (unpaired) electrons. The van der Waals surface area contributed by atoms with Gasteiger partial charge in [-0.25, -0.2) is 0 Å². The third-order valence-electron chi connectivity index (χ3n) is 5.15. The maximum absolute atomic E-state index is 12.5. The maximum atomic E-state index is 12.5. The summed E-state index contributed by atoms with van der Waals surface area (Å²) in [5, 5.41) is 9.53. The summed E-state index contributed by atoms with van der Waals surface area (Å²) in [5.74, 6) is 1.34. The van der Waals surface area contributed by atoms with Crippen LogP contribution in [0.3, 0.4) is 0 Å². The molecule has 1 heterocycles. The van der Waals surface area contributed by atoms with E-state index in [1.165, 1.54) is 12.8 Å². The smallest absolute Gasteiger partial charge is 0.225 e. The number of hydrogen-bond acceptors (Lipinski definition) is 3. The van der Waals surface area contributed by atoms with Crippen molar-refractivity contribution in [3.8, 4) is 0 Å². The lowest BCUT2D eigenvalue weighted by atomic mass is 9.96. The molecule has 1 saturated heterocycles. The molecular weight excluding hydrogens is 457 g/mol. The molecule has 0 aromatic carbocycles. The molecule has 1 atom stereocenters. The van der Waals surface area contributed by atoms with Crippen molar-refractivity contribution in [3.63, 3.8) is 0 Å². The molecule has 0 aromatic rings. The molecule has 2 amide bonds. The molecule has 0 spiro atoms. The van der Waals surface area contributed by atoms with E-state index in [-0.39, 0.29) is 47.3 Å². The fourth-order valence-corrected chi connectivity index (χ4v) is 3.52. The van der Waals surface area contributed by atoms with E-state index in [2.05, 4.69) is 20.9 Å². The Morgan fingerprint density at radius 1 is 1.07 bits per heavy atom. The molecule has 1 saturated carbocycles. The van der Waals surface area contributed by atoms with Crippen molar-refractivity contribution in [3.05, 3.63) is 0 Å². The predicted octanol–water partition coefficient (Wildman–Crippen LogP) is 1.72. The average molecular weight is 493 g/mol. The number of nitrogens with one attached hydrogen (secondary N) is 3. The number of guanidine groups is 1. The second kappa shape index (κ2) is 11.1. The fourth-order valence-electron chi connectivity index (χ4n) is 3.52. The van der Waals surface area contributed by atoms with Gasteiger partial charge >= 0.3 is 0 Å². The highest BCUT2D eigenvalue weighted by atomic mass is 127. The highest BCUT2D eigenvalue weighted by Crippen LogP contribution is 2.27. The molecule has 1 unspecified atom stereocenters. The van der Waals surface area contributed by atoms with Crippen molar-refractivity contribution in [1.29, 1.82) is 0 Å². The van der Waals surface area contributed by atoms with Crippen molar-refractivity contribution in [2.24, 2.45) is 16.3 Å². The molecule has 2 aliphatic rings. The quantitative estimate of drug-likeness (QED) is 0.236. The third kappa shape index (κ3) is 7.46. The number of halogens is 1. The molecule has 27 heavy (non-hydrogen) atoms. The van der Waals surface area contributed by atoms with Crippen LogP contribution in [0.15, 0.2) is 4.99 Å². The summed E-state index contributed by atoms with van der Waals surface area (Å²) in [7, 11) is 1.74. The molecule has 0 aromatic heterocycles. The van der Waals surface area contributed by atoms with Crippen molar-refractivity contribution < 1.29 is 9.59 Å². The Morgan fingerprint density at radius 2 is 1.70 bits per heavy atom. The zero-order valence-electron chi connectivity index (χ0n) is 17.1. The molecule has 2 fully saturated rings. The van der Waals surface area contributed by atoms with E-state index in [4.69, 9.17) is 0 Å². The first-order chi connectivity index (χ1) is 12.3. The minimum atomic E-state index is -0.376. The van der Waals surface area contributed by atoms with Gasteiger partial charge in [0.25, 0.3) is 0 Å². The minimum absolute atomic E-state index is 0. The van der Waals surface area contributed by atoms with Gasteiger partial charge in [-0.05, 0) is 19.3 Å². The lowest BCUT2D eigenvalue weighted by Gasteiger charge is -2.22. The summed E-state index contributed by atoms with van der Waals surface area (Å²) in [4.78, 5) is 30.6. The van der Waals surface area contributed by atoms with E-state index in [9.17, 15) is 9.59 Å². The SMILES string of the molecule is CN=C(NCCNC(=O)C(C)(C)C)NC1CCN(C(=O)C2CCCC2)C1.I. The van der Waals surface area contributed by atoms with E-state index in [1.807, 2.05) is 25.7 Å². The lowest BCUT2D eigenvalue weighted by molar-refractivity contribution is -0.134. The van der Waals surface area contributed by atoms with Gasteiger partial charge in [-0.1, -0.05) is 33.6 Å². The number of likely N-dealkylation sites (tertiary alicyclic amines) is 1. The molecule has 1 aliphatic heterocycles. The number of rotatable bonds is 5. The van der Waals surface area contributed by atoms with Crippen LogP contribution in [-0.2, 0) is 9.59 Å². The summed E-state index contributed by atoms with van der Waals surface area (Å²) >= 11 is 0. The Morgan fingerprint density at radius 3 is 2.30 bits per heavy atom. The zero-order chi connectivity index (χ0) is 19.2. The van der Waals surface area contributed by atoms with Crippen LogP contribution in [0.2, 0.25) is 0 Å². The van der Waals surface area contributed by atoms with Gasteiger partial charge in [0.1, 0.15) is 0 Å². The normalized spacial score (nSPS) is 21.0. The summed E-state index contributed by atoms with van der Waals surface area (Å²) < 4.78 is 0. The molecule has 8 heteroatoms. The molecular formula is C19H36IN5O2. The van der Waals surface area contributed by atoms with Crippen LogP contribution < -0.4 is 16.0 Å². The first kappa shape index (κ1) is 24.0. The Kier molecular flexibility index (Phi) is 9.83. The molecule has 0 bridgehead atoms. The van der Waals surface area contributed by atoms with Crippen LogP contribution in [0.4, 0.5) is 0 Å². The summed E-state index contributed by atoms with van der Waals surface area (Å²) in [5.41, 5.74) is -0.376. The van der Waals surface area contributed by atoms with Gasteiger partial charge in [-0.3, -0.25) is 14.6 Å². The molecule has 3 N–H and O–H groups in total. The van der Waals surface area contributed by atoms with Crippen LogP contribution in [0.25, 0.3) is 0 Å². The average Bonchev–Trinajstić information content (AvgIpc) is 3.27.